The number of rotatable bonds is 5. The lowest BCUT2D eigenvalue weighted by molar-refractivity contribution is 0.0744. The number of ketones is 1. The Morgan fingerprint density at radius 2 is 1.71 bits per heavy atom. The number of benzene rings is 2. The molecule has 0 heterocycles. The fourth-order valence-corrected chi connectivity index (χ4v) is 2.01. The van der Waals surface area contributed by atoms with Crippen LogP contribution < -0.4 is 4.74 Å². The normalized spacial score (nSPS) is 11.9. The second-order valence-electron chi connectivity index (χ2n) is 4.64. The molecule has 2 aromatic carbocycles. The molecule has 21 heavy (non-hydrogen) atoms. The van der Waals surface area contributed by atoms with Gasteiger partial charge in [0.1, 0.15) is 23.4 Å². The van der Waals surface area contributed by atoms with Crippen molar-refractivity contribution in [3.05, 3.63) is 53.6 Å². The Hall–Kier alpha value is -2.53. The number of phenols is 2. The van der Waals surface area contributed by atoms with E-state index in [1.807, 2.05) is 0 Å². The maximum atomic E-state index is 12.2. The molecule has 2 rings (SSSR count). The summed E-state index contributed by atoms with van der Waals surface area (Å²) in [5, 5.41) is 28.6. The van der Waals surface area contributed by atoms with Gasteiger partial charge in [-0.05, 0) is 29.8 Å². The third kappa shape index (κ3) is 3.52. The van der Waals surface area contributed by atoms with Crippen LogP contribution in [-0.2, 0) is 6.42 Å². The van der Waals surface area contributed by atoms with Crippen molar-refractivity contribution in [2.75, 3.05) is 7.11 Å². The minimum absolute atomic E-state index is 0.0172. The molecule has 0 unspecified atom stereocenters. The highest BCUT2D eigenvalue weighted by Gasteiger charge is 2.21. The van der Waals surface area contributed by atoms with Crippen molar-refractivity contribution in [3.8, 4) is 17.2 Å². The van der Waals surface area contributed by atoms with E-state index in [2.05, 4.69) is 0 Å². The van der Waals surface area contributed by atoms with E-state index in [4.69, 9.17) is 4.74 Å². The second kappa shape index (κ2) is 6.28. The minimum atomic E-state index is -1.23. The third-order valence-corrected chi connectivity index (χ3v) is 3.12. The number of hydrogen-bond acceptors (Lipinski definition) is 5. The summed E-state index contributed by atoms with van der Waals surface area (Å²) in [7, 11) is 1.39. The molecule has 5 heteroatoms. The molecule has 110 valence electrons. The topological polar surface area (TPSA) is 87.0 Å². The van der Waals surface area contributed by atoms with Crippen LogP contribution in [0.4, 0.5) is 0 Å². The zero-order valence-electron chi connectivity index (χ0n) is 11.5. The number of carbonyl (C=O) groups is 1. The number of aromatic hydroxyl groups is 2. The Bertz CT molecular complexity index is 634. The van der Waals surface area contributed by atoms with Gasteiger partial charge in [0, 0.05) is 12.5 Å². The maximum Gasteiger partial charge on any atom is 0.195 e. The van der Waals surface area contributed by atoms with E-state index < -0.39 is 11.9 Å². The molecule has 0 saturated carbocycles. The van der Waals surface area contributed by atoms with Crippen LogP contribution in [0.3, 0.4) is 0 Å². The molecule has 1 atom stereocenters. The number of aliphatic hydroxyl groups is 1. The van der Waals surface area contributed by atoms with E-state index in [0.29, 0.717) is 0 Å². The number of hydrogen-bond donors (Lipinski definition) is 3. The van der Waals surface area contributed by atoms with Crippen molar-refractivity contribution >= 4 is 5.78 Å². The fourth-order valence-electron chi connectivity index (χ4n) is 2.01. The van der Waals surface area contributed by atoms with E-state index in [-0.39, 0.29) is 29.2 Å². The SMILES string of the molecule is COc1cc(O)ccc1C(=O)[C@@H](O)Cc1ccc(O)cc1. The predicted octanol–water partition coefficient (Wildman–Crippen LogP) is 1.89. The molecule has 0 saturated heterocycles. The van der Waals surface area contributed by atoms with Crippen LogP contribution in [0.2, 0.25) is 0 Å². The molecule has 0 aromatic heterocycles. The van der Waals surface area contributed by atoms with Gasteiger partial charge in [-0.3, -0.25) is 4.79 Å². The van der Waals surface area contributed by atoms with Gasteiger partial charge in [-0.15, -0.1) is 0 Å². The fraction of sp³-hybridized carbons (Fsp3) is 0.188. The van der Waals surface area contributed by atoms with Crippen molar-refractivity contribution in [2.45, 2.75) is 12.5 Å². The summed E-state index contributed by atoms with van der Waals surface area (Å²) in [5.41, 5.74) is 0.938. The van der Waals surface area contributed by atoms with Crippen molar-refractivity contribution in [2.24, 2.45) is 0 Å². The number of methoxy groups -OCH3 is 1. The van der Waals surface area contributed by atoms with Crippen LogP contribution in [0.25, 0.3) is 0 Å². The van der Waals surface area contributed by atoms with E-state index >= 15 is 0 Å². The lowest BCUT2D eigenvalue weighted by Gasteiger charge is -2.13. The Balaban J connectivity index is 2.17. The van der Waals surface area contributed by atoms with Crippen LogP contribution >= 0.6 is 0 Å². The van der Waals surface area contributed by atoms with Gasteiger partial charge in [0.25, 0.3) is 0 Å². The van der Waals surface area contributed by atoms with Crippen LogP contribution in [0, 0.1) is 0 Å². The molecule has 0 aliphatic carbocycles. The molecule has 0 aliphatic heterocycles. The Labute approximate surface area is 122 Å². The van der Waals surface area contributed by atoms with Gasteiger partial charge in [-0.1, -0.05) is 12.1 Å². The standard InChI is InChI=1S/C16H16O5/c1-21-15-9-12(18)6-7-13(15)16(20)14(19)8-10-2-4-11(17)5-3-10/h2-7,9,14,17-19H,8H2,1H3/t14-/m0/s1. The highest BCUT2D eigenvalue weighted by molar-refractivity contribution is 6.02. The smallest absolute Gasteiger partial charge is 0.195 e. The number of phenolic OH excluding ortho intramolecular Hbond substituents is 2. The first kappa shape index (κ1) is 14.9. The first-order valence-electron chi connectivity index (χ1n) is 6.38. The Morgan fingerprint density at radius 3 is 2.33 bits per heavy atom. The monoisotopic (exact) mass is 288 g/mol. The van der Waals surface area contributed by atoms with E-state index in [1.54, 1.807) is 12.1 Å². The van der Waals surface area contributed by atoms with Gasteiger partial charge in [0.05, 0.1) is 12.7 Å². The zero-order chi connectivity index (χ0) is 15.4. The summed E-state index contributed by atoms with van der Waals surface area (Å²) in [4.78, 5) is 12.2. The number of Topliss-reactive ketones (excluding diaryl/α,β-unsaturated/α-hetero) is 1. The summed E-state index contributed by atoms with van der Waals surface area (Å²) >= 11 is 0. The maximum absolute atomic E-state index is 12.2. The molecule has 0 radical (unpaired) electrons. The number of carbonyl (C=O) groups excluding carboxylic acids is 1. The van der Waals surface area contributed by atoms with Gasteiger partial charge in [0.2, 0.25) is 0 Å². The van der Waals surface area contributed by atoms with E-state index in [1.165, 1.54) is 37.4 Å². The molecular formula is C16H16O5. The molecule has 0 aliphatic rings. The molecular weight excluding hydrogens is 272 g/mol. The number of aliphatic hydroxyl groups excluding tert-OH is 1. The summed E-state index contributed by atoms with van der Waals surface area (Å²) in [6.45, 7) is 0. The van der Waals surface area contributed by atoms with Gasteiger partial charge >= 0.3 is 0 Å². The van der Waals surface area contributed by atoms with E-state index in [0.717, 1.165) is 5.56 Å². The van der Waals surface area contributed by atoms with Crippen molar-refractivity contribution < 1.29 is 24.9 Å². The highest BCUT2D eigenvalue weighted by Crippen LogP contribution is 2.25. The molecule has 0 fully saturated rings. The summed E-state index contributed by atoms with van der Waals surface area (Å²) < 4.78 is 5.04. The highest BCUT2D eigenvalue weighted by atomic mass is 16.5. The molecule has 0 spiro atoms. The van der Waals surface area contributed by atoms with Gasteiger partial charge in [0.15, 0.2) is 5.78 Å². The second-order valence-corrected chi connectivity index (χ2v) is 4.64. The van der Waals surface area contributed by atoms with Gasteiger partial charge < -0.3 is 20.1 Å². The summed E-state index contributed by atoms with van der Waals surface area (Å²) in [5.74, 6) is -0.166. The lowest BCUT2D eigenvalue weighted by Crippen LogP contribution is -2.23. The van der Waals surface area contributed by atoms with Gasteiger partial charge in [-0.25, -0.2) is 0 Å². The quantitative estimate of drug-likeness (QED) is 0.731. The molecule has 3 N–H and O–H groups in total. The first-order valence-corrected chi connectivity index (χ1v) is 6.38. The third-order valence-electron chi connectivity index (χ3n) is 3.12. The molecule has 0 bridgehead atoms. The molecule has 2 aromatic rings. The van der Waals surface area contributed by atoms with Crippen molar-refractivity contribution in [1.29, 1.82) is 0 Å². The largest absolute Gasteiger partial charge is 0.508 e. The van der Waals surface area contributed by atoms with Crippen LogP contribution in [0.5, 0.6) is 17.2 Å². The Morgan fingerprint density at radius 1 is 1.10 bits per heavy atom. The van der Waals surface area contributed by atoms with E-state index in [9.17, 15) is 20.1 Å². The van der Waals surface area contributed by atoms with Crippen molar-refractivity contribution in [3.63, 3.8) is 0 Å². The number of ether oxygens (including phenoxy) is 1. The summed E-state index contributed by atoms with van der Waals surface area (Å²) in [6.07, 6.45) is -1.10. The van der Waals surface area contributed by atoms with Crippen LogP contribution in [0.1, 0.15) is 15.9 Å². The minimum Gasteiger partial charge on any atom is -0.508 e. The lowest BCUT2D eigenvalue weighted by atomic mass is 9.99. The Kier molecular flexibility index (Phi) is 4.45. The molecule has 5 nitrogen and oxygen atoms in total. The van der Waals surface area contributed by atoms with Crippen molar-refractivity contribution in [1.82, 2.24) is 0 Å². The molecule has 0 amide bonds. The summed E-state index contributed by atoms with van der Waals surface area (Å²) in [6, 6.07) is 10.4. The van der Waals surface area contributed by atoms with Crippen LogP contribution in [-0.4, -0.2) is 34.3 Å². The zero-order valence-corrected chi connectivity index (χ0v) is 11.5. The average Bonchev–Trinajstić information content (AvgIpc) is 2.48. The first-order chi connectivity index (χ1) is 10.0. The average molecular weight is 288 g/mol. The van der Waals surface area contributed by atoms with Crippen LogP contribution in [0.15, 0.2) is 42.5 Å². The predicted molar refractivity (Wildman–Crippen MR) is 76.8 cm³/mol. The van der Waals surface area contributed by atoms with Gasteiger partial charge in [-0.2, -0.15) is 0 Å².